The first-order chi connectivity index (χ1) is 17.7. The van der Waals surface area contributed by atoms with Gasteiger partial charge in [-0.25, -0.2) is 4.99 Å². The highest BCUT2D eigenvalue weighted by molar-refractivity contribution is 7.16. The lowest BCUT2D eigenvalue weighted by molar-refractivity contribution is 0.102. The van der Waals surface area contributed by atoms with E-state index in [4.69, 9.17) is 19.2 Å². The highest BCUT2D eigenvalue weighted by atomic mass is 32.1. The zero-order valence-electron chi connectivity index (χ0n) is 22.7. The summed E-state index contributed by atoms with van der Waals surface area (Å²) in [6.45, 7) is 8.88. The molecule has 1 aromatic heterocycles. The number of carbonyl (C=O) groups excluding carboxylic acids is 1. The Kier molecular flexibility index (Phi) is 7.93. The fraction of sp³-hybridized carbons (Fsp3) is 0.400. The Morgan fingerprint density at radius 2 is 1.78 bits per heavy atom. The molecule has 2 aromatic carbocycles. The van der Waals surface area contributed by atoms with Crippen LogP contribution in [0.4, 0.5) is 10.7 Å². The lowest BCUT2D eigenvalue weighted by Crippen LogP contribution is -2.27. The van der Waals surface area contributed by atoms with Crippen molar-refractivity contribution in [2.75, 3.05) is 26.6 Å². The number of rotatable bonds is 7. The Morgan fingerprint density at radius 3 is 2.43 bits per heavy atom. The average molecular weight is 521 g/mol. The molecule has 1 amide bonds. The van der Waals surface area contributed by atoms with Crippen LogP contribution < -0.4 is 19.5 Å². The van der Waals surface area contributed by atoms with E-state index in [1.54, 1.807) is 38.9 Å². The van der Waals surface area contributed by atoms with Gasteiger partial charge in [0.25, 0.3) is 5.91 Å². The van der Waals surface area contributed by atoms with Crippen molar-refractivity contribution in [1.29, 1.82) is 0 Å². The Morgan fingerprint density at radius 1 is 1.05 bits per heavy atom. The fourth-order valence-corrected chi connectivity index (χ4v) is 6.16. The predicted molar refractivity (Wildman–Crippen MR) is 152 cm³/mol. The molecule has 37 heavy (non-hydrogen) atoms. The molecule has 196 valence electrons. The maximum Gasteiger partial charge on any atom is 0.259 e. The third-order valence-electron chi connectivity index (χ3n) is 7.15. The van der Waals surface area contributed by atoms with Gasteiger partial charge in [0.15, 0.2) is 11.5 Å². The van der Waals surface area contributed by atoms with Gasteiger partial charge in [-0.15, -0.1) is 11.3 Å². The van der Waals surface area contributed by atoms with Crippen molar-refractivity contribution in [1.82, 2.24) is 0 Å². The van der Waals surface area contributed by atoms with Crippen LogP contribution in [0.25, 0.3) is 0 Å². The summed E-state index contributed by atoms with van der Waals surface area (Å²) in [6.07, 6.45) is 4.64. The molecular formula is C30H36N2O4S. The van der Waals surface area contributed by atoms with Gasteiger partial charge in [0.05, 0.1) is 26.9 Å². The number of aryl methyl sites for hydroxylation is 1. The van der Waals surface area contributed by atoms with Crippen LogP contribution >= 0.6 is 11.3 Å². The Balaban J connectivity index is 1.77. The molecule has 1 aliphatic carbocycles. The molecule has 7 heteroatoms. The summed E-state index contributed by atoms with van der Waals surface area (Å²) in [5, 5.41) is 3.84. The van der Waals surface area contributed by atoms with E-state index in [1.807, 2.05) is 43.3 Å². The maximum atomic E-state index is 13.7. The van der Waals surface area contributed by atoms with Gasteiger partial charge in [-0.05, 0) is 66.8 Å². The number of ether oxygens (including phenoxy) is 3. The molecule has 1 heterocycles. The summed E-state index contributed by atoms with van der Waals surface area (Å²) in [4.78, 5) is 19.8. The van der Waals surface area contributed by atoms with E-state index in [0.29, 0.717) is 33.7 Å². The van der Waals surface area contributed by atoms with Gasteiger partial charge in [0.1, 0.15) is 5.00 Å². The SMILES string of the molecule is COc1ccc(/C=N/c2sc3c(c2C(=O)Nc2ccccc2C)CCC(C(C)(C)C)C3)c(OC)c1OC. The van der Waals surface area contributed by atoms with Crippen LogP contribution in [-0.2, 0) is 12.8 Å². The smallest absolute Gasteiger partial charge is 0.259 e. The van der Waals surface area contributed by atoms with Crippen LogP contribution in [0, 0.1) is 18.3 Å². The number of nitrogens with zero attached hydrogens (tertiary/aromatic N) is 1. The number of methoxy groups -OCH3 is 3. The quantitative estimate of drug-likeness (QED) is 0.334. The van der Waals surface area contributed by atoms with Gasteiger partial charge < -0.3 is 19.5 Å². The van der Waals surface area contributed by atoms with Crippen molar-refractivity contribution < 1.29 is 19.0 Å². The molecule has 1 N–H and O–H groups in total. The standard InChI is InChI=1S/C30H36N2O4S/c1-18-10-8-9-11-22(18)32-28(33)25-21-14-13-20(30(2,3)4)16-24(21)37-29(25)31-17-19-12-15-23(34-5)27(36-7)26(19)35-6/h8-12,15,17,20H,13-14,16H2,1-7H3,(H,32,33)/b31-17+. The zero-order valence-corrected chi connectivity index (χ0v) is 23.5. The lowest BCUT2D eigenvalue weighted by atomic mass is 9.72. The molecule has 1 atom stereocenters. The summed E-state index contributed by atoms with van der Waals surface area (Å²) < 4.78 is 16.6. The molecule has 0 aliphatic heterocycles. The second-order valence-corrected chi connectivity index (χ2v) is 11.5. The minimum Gasteiger partial charge on any atom is -0.493 e. The van der Waals surface area contributed by atoms with Crippen LogP contribution in [0.15, 0.2) is 41.4 Å². The topological polar surface area (TPSA) is 69.2 Å². The van der Waals surface area contributed by atoms with Gasteiger partial charge in [-0.2, -0.15) is 0 Å². The molecule has 6 nitrogen and oxygen atoms in total. The number of para-hydroxylation sites is 1. The summed E-state index contributed by atoms with van der Waals surface area (Å²) >= 11 is 1.62. The first-order valence-corrected chi connectivity index (χ1v) is 13.3. The average Bonchev–Trinajstić information content (AvgIpc) is 3.25. The van der Waals surface area contributed by atoms with Gasteiger partial charge in [0, 0.05) is 22.3 Å². The highest BCUT2D eigenvalue weighted by Crippen LogP contribution is 2.46. The molecule has 0 fully saturated rings. The minimum atomic E-state index is -0.118. The first kappa shape index (κ1) is 26.7. The van der Waals surface area contributed by atoms with Crippen molar-refractivity contribution in [2.24, 2.45) is 16.3 Å². The monoisotopic (exact) mass is 520 g/mol. The number of carbonyl (C=O) groups is 1. The van der Waals surface area contributed by atoms with Crippen molar-refractivity contribution >= 4 is 34.1 Å². The molecule has 1 aliphatic rings. The molecule has 0 saturated carbocycles. The second-order valence-electron chi connectivity index (χ2n) is 10.4. The lowest BCUT2D eigenvalue weighted by Gasteiger charge is -2.33. The summed E-state index contributed by atoms with van der Waals surface area (Å²) in [6, 6.07) is 11.5. The maximum absolute atomic E-state index is 13.7. The number of benzene rings is 2. The van der Waals surface area contributed by atoms with E-state index in [2.05, 4.69) is 26.1 Å². The van der Waals surface area contributed by atoms with Crippen molar-refractivity contribution in [3.8, 4) is 17.2 Å². The minimum absolute atomic E-state index is 0.118. The Labute approximate surface area is 223 Å². The van der Waals surface area contributed by atoms with Crippen LogP contribution in [-0.4, -0.2) is 33.5 Å². The van der Waals surface area contributed by atoms with E-state index in [0.717, 1.165) is 41.6 Å². The van der Waals surface area contributed by atoms with Crippen LogP contribution in [0.3, 0.4) is 0 Å². The van der Waals surface area contributed by atoms with Crippen LogP contribution in [0.2, 0.25) is 0 Å². The summed E-state index contributed by atoms with van der Waals surface area (Å²) in [5.41, 5.74) is 4.58. The van der Waals surface area contributed by atoms with Gasteiger partial charge in [-0.1, -0.05) is 39.0 Å². The number of fused-ring (bicyclic) bond motifs is 1. The van der Waals surface area contributed by atoms with E-state index >= 15 is 0 Å². The Bertz CT molecular complexity index is 1320. The van der Waals surface area contributed by atoms with Crippen molar-refractivity contribution in [2.45, 2.75) is 47.0 Å². The van der Waals surface area contributed by atoms with E-state index < -0.39 is 0 Å². The largest absolute Gasteiger partial charge is 0.493 e. The van der Waals surface area contributed by atoms with Gasteiger partial charge >= 0.3 is 0 Å². The van der Waals surface area contributed by atoms with E-state index in [1.165, 1.54) is 4.88 Å². The van der Waals surface area contributed by atoms with Crippen LogP contribution in [0.1, 0.15) is 59.1 Å². The van der Waals surface area contributed by atoms with E-state index in [-0.39, 0.29) is 11.3 Å². The highest BCUT2D eigenvalue weighted by Gasteiger charge is 2.33. The molecule has 1 unspecified atom stereocenters. The summed E-state index contributed by atoms with van der Waals surface area (Å²) in [5.74, 6) is 2.06. The van der Waals surface area contributed by atoms with Crippen molar-refractivity contribution in [3.05, 3.63) is 63.5 Å². The molecule has 0 spiro atoms. The number of hydrogen-bond acceptors (Lipinski definition) is 6. The fourth-order valence-electron chi connectivity index (χ4n) is 4.89. The predicted octanol–water partition coefficient (Wildman–Crippen LogP) is 7.24. The van der Waals surface area contributed by atoms with Crippen molar-refractivity contribution in [3.63, 3.8) is 0 Å². The second kappa shape index (κ2) is 11.0. The molecule has 0 bridgehead atoms. The molecule has 0 saturated heterocycles. The number of hydrogen-bond donors (Lipinski definition) is 1. The number of nitrogens with one attached hydrogen (secondary N) is 1. The Hall–Kier alpha value is -3.32. The first-order valence-electron chi connectivity index (χ1n) is 12.5. The third-order valence-corrected chi connectivity index (χ3v) is 8.31. The number of aliphatic imine (C=N–C) groups is 1. The van der Waals surface area contributed by atoms with Gasteiger partial charge in [-0.3, -0.25) is 4.79 Å². The van der Waals surface area contributed by atoms with Gasteiger partial charge in [0.2, 0.25) is 5.75 Å². The third kappa shape index (κ3) is 5.52. The molecule has 3 aromatic rings. The molecule has 0 radical (unpaired) electrons. The van der Waals surface area contributed by atoms with Crippen LogP contribution in [0.5, 0.6) is 17.2 Å². The molecule has 4 rings (SSSR count). The van der Waals surface area contributed by atoms with E-state index in [9.17, 15) is 4.79 Å². The number of anilines is 1. The molecular weight excluding hydrogens is 484 g/mol. The summed E-state index contributed by atoms with van der Waals surface area (Å²) in [7, 11) is 4.76. The normalized spacial score (nSPS) is 15.4. The number of thiophene rings is 1. The number of amides is 1. The zero-order chi connectivity index (χ0) is 26.7.